The second-order valence-corrected chi connectivity index (χ2v) is 4.62. The van der Waals surface area contributed by atoms with Gasteiger partial charge < -0.3 is 10.0 Å². The summed E-state index contributed by atoms with van der Waals surface area (Å²) in [5.74, 6) is -0.766. The standard InChI is InChI=1S/C15H19NO2/c1-2-3-9-16-10-5-7-13-12(11-15(17)18)6-4-8-14(13)16/h4-6,8,10H,2-3,7,9,11H2,1H3,(H,17,18). The van der Waals surface area contributed by atoms with Crippen LogP contribution in [0, 0.1) is 0 Å². The number of carboxylic acids is 1. The number of aliphatic carboxylic acids is 1. The molecule has 1 aromatic rings. The van der Waals surface area contributed by atoms with E-state index in [9.17, 15) is 4.79 Å². The van der Waals surface area contributed by atoms with Crippen molar-refractivity contribution in [2.75, 3.05) is 11.4 Å². The minimum absolute atomic E-state index is 0.110. The van der Waals surface area contributed by atoms with Gasteiger partial charge >= 0.3 is 5.97 Å². The topological polar surface area (TPSA) is 40.5 Å². The Balaban J connectivity index is 2.28. The number of rotatable bonds is 5. The van der Waals surface area contributed by atoms with Crippen molar-refractivity contribution in [3.63, 3.8) is 0 Å². The van der Waals surface area contributed by atoms with Crippen molar-refractivity contribution < 1.29 is 9.90 Å². The van der Waals surface area contributed by atoms with Crippen LogP contribution in [0.4, 0.5) is 5.69 Å². The number of carboxylic acid groups (broad SMARTS) is 1. The van der Waals surface area contributed by atoms with Gasteiger partial charge in [-0.2, -0.15) is 0 Å². The van der Waals surface area contributed by atoms with Gasteiger partial charge in [0.2, 0.25) is 0 Å². The summed E-state index contributed by atoms with van der Waals surface area (Å²) in [5, 5.41) is 8.94. The van der Waals surface area contributed by atoms with Gasteiger partial charge in [0, 0.05) is 18.4 Å². The fourth-order valence-corrected chi connectivity index (χ4v) is 2.36. The van der Waals surface area contributed by atoms with Gasteiger partial charge in [-0.3, -0.25) is 4.79 Å². The van der Waals surface area contributed by atoms with Crippen molar-refractivity contribution >= 4 is 11.7 Å². The van der Waals surface area contributed by atoms with Crippen molar-refractivity contribution in [3.8, 4) is 0 Å². The largest absolute Gasteiger partial charge is 0.481 e. The molecule has 1 N–H and O–H groups in total. The molecule has 1 heterocycles. The molecule has 0 saturated heterocycles. The number of anilines is 1. The second-order valence-electron chi connectivity index (χ2n) is 4.62. The molecule has 0 amide bonds. The van der Waals surface area contributed by atoms with E-state index in [2.05, 4.69) is 30.2 Å². The molecule has 0 spiro atoms. The minimum atomic E-state index is -0.766. The molecule has 0 fully saturated rings. The van der Waals surface area contributed by atoms with Crippen LogP contribution in [0.1, 0.15) is 30.9 Å². The summed E-state index contributed by atoms with van der Waals surface area (Å²) >= 11 is 0. The highest BCUT2D eigenvalue weighted by Gasteiger charge is 2.16. The summed E-state index contributed by atoms with van der Waals surface area (Å²) in [5.41, 5.74) is 3.27. The first kappa shape index (κ1) is 12.7. The summed E-state index contributed by atoms with van der Waals surface area (Å²) in [7, 11) is 0. The predicted octanol–water partition coefficient (Wildman–Crippen LogP) is 2.99. The zero-order valence-corrected chi connectivity index (χ0v) is 10.7. The fourth-order valence-electron chi connectivity index (χ4n) is 2.36. The molecule has 96 valence electrons. The Morgan fingerprint density at radius 3 is 3.00 bits per heavy atom. The number of carbonyl (C=O) groups is 1. The number of fused-ring (bicyclic) bond motifs is 1. The third kappa shape index (κ3) is 2.73. The molecule has 0 unspecified atom stereocenters. The molecular formula is C15H19NO2. The third-order valence-corrected chi connectivity index (χ3v) is 3.26. The van der Waals surface area contributed by atoms with Crippen LogP contribution in [-0.4, -0.2) is 17.6 Å². The van der Waals surface area contributed by atoms with E-state index in [0.29, 0.717) is 0 Å². The highest BCUT2D eigenvalue weighted by molar-refractivity contribution is 5.73. The molecule has 3 nitrogen and oxygen atoms in total. The molecule has 0 radical (unpaired) electrons. The van der Waals surface area contributed by atoms with Crippen LogP contribution in [0.25, 0.3) is 0 Å². The van der Waals surface area contributed by atoms with Crippen LogP contribution in [0.3, 0.4) is 0 Å². The van der Waals surface area contributed by atoms with Gasteiger partial charge in [0.1, 0.15) is 0 Å². The number of hydrogen-bond acceptors (Lipinski definition) is 2. The van der Waals surface area contributed by atoms with E-state index in [0.717, 1.165) is 31.4 Å². The fraction of sp³-hybridized carbons (Fsp3) is 0.400. The van der Waals surface area contributed by atoms with E-state index in [1.54, 1.807) is 0 Å². The lowest BCUT2D eigenvalue weighted by Crippen LogP contribution is -2.22. The van der Waals surface area contributed by atoms with Crippen LogP contribution in [0.5, 0.6) is 0 Å². The highest BCUT2D eigenvalue weighted by atomic mass is 16.4. The molecule has 0 bridgehead atoms. The Kier molecular flexibility index (Phi) is 4.03. The van der Waals surface area contributed by atoms with Gasteiger partial charge in [-0.25, -0.2) is 0 Å². The van der Waals surface area contributed by atoms with Crippen LogP contribution in [0.2, 0.25) is 0 Å². The van der Waals surface area contributed by atoms with Gasteiger partial charge in [-0.1, -0.05) is 31.6 Å². The van der Waals surface area contributed by atoms with E-state index in [1.165, 1.54) is 11.3 Å². The summed E-state index contributed by atoms with van der Waals surface area (Å²) < 4.78 is 0. The summed E-state index contributed by atoms with van der Waals surface area (Å²) in [6, 6.07) is 5.96. The molecule has 0 aliphatic carbocycles. The van der Waals surface area contributed by atoms with E-state index >= 15 is 0 Å². The monoisotopic (exact) mass is 245 g/mol. The lowest BCUT2D eigenvalue weighted by Gasteiger charge is -2.27. The molecule has 18 heavy (non-hydrogen) atoms. The molecule has 1 aliphatic heterocycles. The molecule has 2 rings (SSSR count). The van der Waals surface area contributed by atoms with Crippen LogP contribution < -0.4 is 4.90 Å². The van der Waals surface area contributed by atoms with E-state index in [4.69, 9.17) is 5.11 Å². The lowest BCUT2D eigenvalue weighted by atomic mass is 9.97. The van der Waals surface area contributed by atoms with Crippen LogP contribution in [0.15, 0.2) is 30.5 Å². The van der Waals surface area contributed by atoms with Gasteiger partial charge in [-0.05, 0) is 30.0 Å². The molecule has 0 saturated carbocycles. The quantitative estimate of drug-likeness (QED) is 0.867. The molecule has 0 aromatic heterocycles. The van der Waals surface area contributed by atoms with Crippen molar-refractivity contribution in [2.24, 2.45) is 0 Å². The maximum Gasteiger partial charge on any atom is 0.307 e. The highest BCUT2D eigenvalue weighted by Crippen LogP contribution is 2.29. The molecule has 3 heteroatoms. The van der Waals surface area contributed by atoms with Gasteiger partial charge in [0.05, 0.1) is 6.42 Å². The maximum absolute atomic E-state index is 10.9. The van der Waals surface area contributed by atoms with Gasteiger partial charge in [0.15, 0.2) is 0 Å². The molecule has 1 aromatic carbocycles. The van der Waals surface area contributed by atoms with Gasteiger partial charge in [0.25, 0.3) is 0 Å². The zero-order valence-electron chi connectivity index (χ0n) is 10.7. The number of unbranched alkanes of at least 4 members (excludes halogenated alkanes) is 1. The Labute approximate surface area is 108 Å². The zero-order chi connectivity index (χ0) is 13.0. The van der Waals surface area contributed by atoms with E-state index in [-0.39, 0.29) is 6.42 Å². The van der Waals surface area contributed by atoms with Crippen molar-refractivity contribution in [1.82, 2.24) is 0 Å². The maximum atomic E-state index is 10.9. The Bertz CT molecular complexity index is 466. The van der Waals surface area contributed by atoms with Crippen molar-refractivity contribution in [1.29, 1.82) is 0 Å². The summed E-state index contributed by atoms with van der Waals surface area (Å²) in [4.78, 5) is 13.1. The van der Waals surface area contributed by atoms with E-state index in [1.807, 2.05) is 12.1 Å². The average molecular weight is 245 g/mol. The summed E-state index contributed by atoms with van der Waals surface area (Å²) in [6.45, 7) is 3.17. The predicted molar refractivity (Wildman–Crippen MR) is 72.9 cm³/mol. The first-order valence-electron chi connectivity index (χ1n) is 6.48. The number of hydrogen-bond donors (Lipinski definition) is 1. The van der Waals surface area contributed by atoms with Crippen molar-refractivity contribution in [2.45, 2.75) is 32.6 Å². The average Bonchev–Trinajstić information content (AvgIpc) is 2.36. The number of benzene rings is 1. The minimum Gasteiger partial charge on any atom is -0.481 e. The lowest BCUT2D eigenvalue weighted by molar-refractivity contribution is -0.136. The Morgan fingerprint density at radius 2 is 2.28 bits per heavy atom. The molecule has 1 aliphatic rings. The van der Waals surface area contributed by atoms with E-state index < -0.39 is 5.97 Å². The Hall–Kier alpha value is -1.77. The third-order valence-electron chi connectivity index (χ3n) is 3.26. The molecular weight excluding hydrogens is 226 g/mol. The smallest absolute Gasteiger partial charge is 0.307 e. The molecule has 0 atom stereocenters. The SMILES string of the molecule is CCCCN1C=CCc2c(CC(=O)O)cccc21. The summed E-state index contributed by atoms with van der Waals surface area (Å²) in [6.07, 6.45) is 7.48. The number of nitrogens with zero attached hydrogens (tertiary/aromatic N) is 1. The van der Waals surface area contributed by atoms with Crippen LogP contribution >= 0.6 is 0 Å². The number of allylic oxidation sites excluding steroid dienone is 1. The van der Waals surface area contributed by atoms with Crippen LogP contribution in [-0.2, 0) is 17.6 Å². The first-order chi connectivity index (χ1) is 8.72. The second kappa shape index (κ2) is 5.71. The first-order valence-corrected chi connectivity index (χ1v) is 6.48. The van der Waals surface area contributed by atoms with Gasteiger partial charge in [-0.15, -0.1) is 0 Å². The van der Waals surface area contributed by atoms with Crippen molar-refractivity contribution in [3.05, 3.63) is 41.6 Å². The Morgan fingerprint density at radius 1 is 1.44 bits per heavy atom. The normalized spacial score (nSPS) is 13.5.